The van der Waals surface area contributed by atoms with Crippen LogP contribution in [0.5, 0.6) is 0 Å². The van der Waals surface area contributed by atoms with Gasteiger partial charge < -0.3 is 10.6 Å². The summed E-state index contributed by atoms with van der Waals surface area (Å²) in [6.07, 6.45) is 5.04. The van der Waals surface area contributed by atoms with Crippen LogP contribution in [0, 0.1) is 19.8 Å². The third-order valence-corrected chi connectivity index (χ3v) is 4.12. The monoisotopic (exact) mass is 246 g/mol. The molecule has 2 N–H and O–H groups in total. The molecule has 0 aromatic heterocycles. The number of anilines is 1. The molecule has 2 nitrogen and oxygen atoms in total. The standard InChI is InChI=1S/C16H26N2/c1-12-7-8-16(13(2)9-12)18(3)11-14-5-4-6-15(17)10-14/h7-9,14-15H,4-6,10-11,17H2,1-3H3. The minimum absolute atomic E-state index is 0.427. The van der Waals surface area contributed by atoms with Gasteiger partial charge >= 0.3 is 0 Å². The first kappa shape index (κ1) is 13.4. The van der Waals surface area contributed by atoms with Crippen molar-refractivity contribution in [2.24, 2.45) is 11.7 Å². The molecule has 1 aliphatic rings. The Morgan fingerprint density at radius 1 is 1.28 bits per heavy atom. The summed E-state index contributed by atoms with van der Waals surface area (Å²) in [7, 11) is 2.21. The van der Waals surface area contributed by atoms with Gasteiger partial charge in [0.1, 0.15) is 0 Å². The average Bonchev–Trinajstić information content (AvgIpc) is 2.28. The number of benzene rings is 1. The van der Waals surface area contributed by atoms with E-state index in [1.165, 1.54) is 42.5 Å². The highest BCUT2D eigenvalue weighted by molar-refractivity contribution is 5.53. The van der Waals surface area contributed by atoms with E-state index in [0.29, 0.717) is 6.04 Å². The van der Waals surface area contributed by atoms with Gasteiger partial charge in [-0.2, -0.15) is 0 Å². The SMILES string of the molecule is Cc1ccc(N(C)CC2CCCC(N)C2)c(C)c1. The van der Waals surface area contributed by atoms with Gasteiger partial charge in [-0.1, -0.05) is 24.1 Å². The molecule has 1 aliphatic carbocycles. The Labute approximate surface area is 111 Å². The van der Waals surface area contributed by atoms with Crippen molar-refractivity contribution < 1.29 is 0 Å². The number of rotatable bonds is 3. The zero-order chi connectivity index (χ0) is 13.1. The molecule has 2 unspecified atom stereocenters. The van der Waals surface area contributed by atoms with Crippen molar-refractivity contribution in [3.05, 3.63) is 29.3 Å². The van der Waals surface area contributed by atoms with Gasteiger partial charge in [0.05, 0.1) is 0 Å². The fourth-order valence-electron chi connectivity index (χ4n) is 3.22. The van der Waals surface area contributed by atoms with E-state index in [9.17, 15) is 0 Å². The van der Waals surface area contributed by atoms with E-state index in [4.69, 9.17) is 5.73 Å². The van der Waals surface area contributed by atoms with Crippen LogP contribution >= 0.6 is 0 Å². The summed E-state index contributed by atoms with van der Waals surface area (Å²) in [6.45, 7) is 5.49. The summed E-state index contributed by atoms with van der Waals surface area (Å²) in [5.74, 6) is 0.763. The second kappa shape index (κ2) is 5.75. The first-order valence-corrected chi connectivity index (χ1v) is 7.10. The van der Waals surface area contributed by atoms with E-state index in [1.54, 1.807) is 0 Å². The molecule has 0 amide bonds. The zero-order valence-corrected chi connectivity index (χ0v) is 11.9. The third kappa shape index (κ3) is 3.26. The van der Waals surface area contributed by atoms with Crippen LogP contribution in [-0.2, 0) is 0 Å². The molecule has 0 bridgehead atoms. The number of nitrogens with zero attached hydrogens (tertiary/aromatic N) is 1. The molecule has 2 heteroatoms. The topological polar surface area (TPSA) is 29.3 Å². The van der Waals surface area contributed by atoms with Crippen LogP contribution < -0.4 is 10.6 Å². The molecule has 18 heavy (non-hydrogen) atoms. The molecule has 0 radical (unpaired) electrons. The smallest absolute Gasteiger partial charge is 0.0393 e. The number of nitrogens with two attached hydrogens (primary N) is 1. The van der Waals surface area contributed by atoms with Crippen LogP contribution in [0.25, 0.3) is 0 Å². The van der Waals surface area contributed by atoms with Gasteiger partial charge in [0.2, 0.25) is 0 Å². The lowest BCUT2D eigenvalue weighted by Gasteiger charge is -2.31. The highest BCUT2D eigenvalue weighted by Gasteiger charge is 2.20. The van der Waals surface area contributed by atoms with Crippen LogP contribution in [0.1, 0.15) is 36.8 Å². The Bertz CT molecular complexity index is 400. The summed E-state index contributed by atoms with van der Waals surface area (Å²) < 4.78 is 0. The molecule has 1 aromatic rings. The van der Waals surface area contributed by atoms with Gasteiger partial charge in [0, 0.05) is 25.3 Å². The minimum Gasteiger partial charge on any atom is -0.374 e. The molecule has 1 aromatic carbocycles. The van der Waals surface area contributed by atoms with Crippen molar-refractivity contribution >= 4 is 5.69 Å². The number of aryl methyl sites for hydroxylation is 2. The third-order valence-electron chi connectivity index (χ3n) is 4.12. The van der Waals surface area contributed by atoms with Gasteiger partial charge in [-0.3, -0.25) is 0 Å². The van der Waals surface area contributed by atoms with Crippen LogP contribution in [0.2, 0.25) is 0 Å². The largest absolute Gasteiger partial charge is 0.374 e. The van der Waals surface area contributed by atoms with Gasteiger partial charge in [0.25, 0.3) is 0 Å². The zero-order valence-electron chi connectivity index (χ0n) is 11.9. The molecular formula is C16H26N2. The van der Waals surface area contributed by atoms with Gasteiger partial charge in [-0.15, -0.1) is 0 Å². The molecule has 0 heterocycles. The normalized spacial score (nSPS) is 24.0. The summed E-state index contributed by atoms with van der Waals surface area (Å²) in [5.41, 5.74) is 10.1. The first-order chi connectivity index (χ1) is 8.56. The Morgan fingerprint density at radius 3 is 2.72 bits per heavy atom. The van der Waals surface area contributed by atoms with Gasteiger partial charge in [-0.05, 0) is 50.7 Å². The summed E-state index contributed by atoms with van der Waals surface area (Å²) in [6, 6.07) is 7.13. The Morgan fingerprint density at radius 2 is 2.06 bits per heavy atom. The van der Waals surface area contributed by atoms with Crippen LogP contribution in [0.15, 0.2) is 18.2 Å². The maximum Gasteiger partial charge on any atom is 0.0393 e. The van der Waals surface area contributed by atoms with E-state index >= 15 is 0 Å². The molecule has 0 spiro atoms. The summed E-state index contributed by atoms with van der Waals surface area (Å²) in [4.78, 5) is 2.40. The van der Waals surface area contributed by atoms with Crippen molar-refractivity contribution in [3.8, 4) is 0 Å². The molecule has 2 rings (SSSR count). The van der Waals surface area contributed by atoms with Crippen LogP contribution in [0.4, 0.5) is 5.69 Å². The molecular weight excluding hydrogens is 220 g/mol. The van der Waals surface area contributed by atoms with Crippen molar-refractivity contribution in [1.82, 2.24) is 0 Å². The maximum atomic E-state index is 6.07. The van der Waals surface area contributed by atoms with E-state index in [1.807, 2.05) is 0 Å². The molecule has 1 saturated carbocycles. The number of hydrogen-bond acceptors (Lipinski definition) is 2. The average molecular weight is 246 g/mol. The first-order valence-electron chi connectivity index (χ1n) is 7.10. The minimum atomic E-state index is 0.427. The highest BCUT2D eigenvalue weighted by Crippen LogP contribution is 2.27. The van der Waals surface area contributed by atoms with Crippen molar-refractivity contribution in [3.63, 3.8) is 0 Å². The second-order valence-corrected chi connectivity index (χ2v) is 5.96. The maximum absolute atomic E-state index is 6.07. The number of hydrogen-bond donors (Lipinski definition) is 1. The fourth-order valence-corrected chi connectivity index (χ4v) is 3.22. The lowest BCUT2D eigenvalue weighted by Crippen LogP contribution is -2.34. The molecule has 1 fully saturated rings. The quantitative estimate of drug-likeness (QED) is 0.887. The molecule has 0 aliphatic heterocycles. The van der Waals surface area contributed by atoms with E-state index < -0.39 is 0 Å². The predicted octanol–water partition coefficient (Wildman–Crippen LogP) is 3.26. The Kier molecular flexibility index (Phi) is 4.28. The molecule has 2 atom stereocenters. The van der Waals surface area contributed by atoms with Crippen LogP contribution in [0.3, 0.4) is 0 Å². The Balaban J connectivity index is 2.00. The van der Waals surface area contributed by atoms with E-state index in [-0.39, 0.29) is 0 Å². The predicted molar refractivity (Wildman–Crippen MR) is 79.1 cm³/mol. The summed E-state index contributed by atoms with van der Waals surface area (Å²) >= 11 is 0. The van der Waals surface area contributed by atoms with Crippen molar-refractivity contribution in [1.29, 1.82) is 0 Å². The van der Waals surface area contributed by atoms with Gasteiger partial charge in [0.15, 0.2) is 0 Å². The van der Waals surface area contributed by atoms with Crippen LogP contribution in [-0.4, -0.2) is 19.6 Å². The Hall–Kier alpha value is -1.02. The second-order valence-electron chi connectivity index (χ2n) is 5.96. The van der Waals surface area contributed by atoms with Crippen molar-refractivity contribution in [2.75, 3.05) is 18.5 Å². The van der Waals surface area contributed by atoms with Crippen molar-refractivity contribution in [2.45, 2.75) is 45.6 Å². The molecule has 100 valence electrons. The lowest BCUT2D eigenvalue weighted by molar-refractivity contribution is 0.326. The summed E-state index contributed by atoms with van der Waals surface area (Å²) in [5, 5.41) is 0. The lowest BCUT2D eigenvalue weighted by atomic mass is 9.86. The van der Waals surface area contributed by atoms with Gasteiger partial charge in [-0.25, -0.2) is 0 Å². The molecule has 0 saturated heterocycles. The van der Waals surface area contributed by atoms with E-state index in [0.717, 1.165) is 12.5 Å². The van der Waals surface area contributed by atoms with E-state index in [2.05, 4.69) is 44.0 Å². The highest BCUT2D eigenvalue weighted by atomic mass is 15.1. The fraction of sp³-hybridized carbons (Fsp3) is 0.625.